The van der Waals surface area contributed by atoms with Crippen LogP contribution in [0.25, 0.3) is 10.8 Å². The molecule has 5 rings (SSSR count). The predicted octanol–water partition coefficient (Wildman–Crippen LogP) is 6.19. The zero-order valence-electron chi connectivity index (χ0n) is 33.5. The number of hydroxylamine groups is 1. The summed E-state index contributed by atoms with van der Waals surface area (Å²) in [6.45, 7) is 7.73. The summed E-state index contributed by atoms with van der Waals surface area (Å²) >= 11 is 0. The fourth-order valence-electron chi connectivity index (χ4n) is 7.07. The van der Waals surface area contributed by atoms with Crippen LogP contribution >= 0.6 is 0 Å². The van der Waals surface area contributed by atoms with Gasteiger partial charge in [0.1, 0.15) is 11.6 Å². The topological polar surface area (TPSA) is 147 Å². The maximum Gasteiger partial charge on any atom is 0.338 e. The Morgan fingerprint density at radius 3 is 1.76 bits per heavy atom. The fourth-order valence-corrected chi connectivity index (χ4v) is 7.07. The van der Waals surface area contributed by atoms with Crippen molar-refractivity contribution in [3.63, 3.8) is 0 Å². The van der Waals surface area contributed by atoms with E-state index in [1.807, 2.05) is 154 Å². The molecule has 0 saturated heterocycles. The number of nitrogens with one attached hydrogen (secondary N) is 4. The van der Waals surface area contributed by atoms with Gasteiger partial charge >= 0.3 is 6.03 Å². The highest BCUT2D eigenvalue weighted by Gasteiger charge is 2.40. The first-order chi connectivity index (χ1) is 28.2. The third-order valence-corrected chi connectivity index (χ3v) is 9.73. The molecule has 0 fully saturated rings. The summed E-state index contributed by atoms with van der Waals surface area (Å²) in [6, 6.07) is 39.9. The Labute approximate surface area is 340 Å². The summed E-state index contributed by atoms with van der Waals surface area (Å²) in [7, 11) is 0. The molecule has 58 heavy (non-hydrogen) atoms. The van der Waals surface area contributed by atoms with Crippen LogP contribution in [0.4, 0.5) is 4.79 Å². The molecule has 0 bridgehead atoms. The number of urea groups is 1. The molecule has 0 spiro atoms. The van der Waals surface area contributed by atoms with Crippen molar-refractivity contribution in [2.75, 3.05) is 26.4 Å². The lowest BCUT2D eigenvalue weighted by atomic mass is 9.77. The van der Waals surface area contributed by atoms with E-state index in [0.29, 0.717) is 19.8 Å². The van der Waals surface area contributed by atoms with Crippen LogP contribution in [-0.2, 0) is 40.8 Å². The minimum Gasteiger partial charge on any atom is -0.351 e. The lowest BCUT2D eigenvalue weighted by Crippen LogP contribution is -2.57. The maximum atomic E-state index is 15.2. The largest absolute Gasteiger partial charge is 0.351 e. The molecule has 0 aromatic heterocycles. The number of fused-ring (bicyclic) bond motifs is 1. The van der Waals surface area contributed by atoms with Crippen LogP contribution in [0.3, 0.4) is 0 Å². The zero-order valence-corrected chi connectivity index (χ0v) is 33.5. The van der Waals surface area contributed by atoms with Crippen LogP contribution in [0.15, 0.2) is 133 Å². The van der Waals surface area contributed by atoms with E-state index in [-0.39, 0.29) is 6.54 Å². The van der Waals surface area contributed by atoms with Gasteiger partial charge in [0.05, 0.1) is 12.5 Å². The molecule has 4 N–H and O–H groups in total. The molecule has 0 unspecified atom stereocenters. The standard InChI is InChI=1S/C46H53N5O7/c1-5-47-45(55)50-58-32-42(53)48-40(43(54)51(33(4)44(56-6-2)57-7-3)31-35-22-19-21-34-20-17-18-29-39(34)35)30-41(52)49-46(36-23-11-8-12-24-36,37-25-13-9-14-26-37)38-27-15-10-16-28-38/h8-29,33,40,44H,5-7,30-32H2,1-4H3,(H,48,53)(H,49,52)(H2,47,50,55)/t33-,40-/m0/s1. The monoisotopic (exact) mass is 787 g/mol. The van der Waals surface area contributed by atoms with Crippen molar-refractivity contribution >= 4 is 34.5 Å². The van der Waals surface area contributed by atoms with Gasteiger partial charge in [-0.25, -0.2) is 10.3 Å². The lowest BCUT2D eigenvalue weighted by Gasteiger charge is -2.38. The molecule has 12 heteroatoms. The van der Waals surface area contributed by atoms with Gasteiger partial charge in [-0.3, -0.25) is 19.2 Å². The summed E-state index contributed by atoms with van der Waals surface area (Å²) in [4.78, 5) is 62.1. The smallest absolute Gasteiger partial charge is 0.338 e. The van der Waals surface area contributed by atoms with Gasteiger partial charge < -0.3 is 30.3 Å². The van der Waals surface area contributed by atoms with Crippen LogP contribution in [0.2, 0.25) is 0 Å². The number of carbonyl (C=O) groups excluding carboxylic acids is 4. The molecule has 5 aromatic carbocycles. The summed E-state index contributed by atoms with van der Waals surface area (Å²) in [5.41, 5.74) is 4.21. The molecule has 0 aliphatic heterocycles. The number of rotatable bonds is 20. The molecule has 12 nitrogen and oxygen atoms in total. The Bertz CT molecular complexity index is 1980. The van der Waals surface area contributed by atoms with E-state index in [9.17, 15) is 14.4 Å². The Hall–Kier alpha value is -6.08. The molecule has 5 aromatic rings. The molecular formula is C46H53N5O7. The quantitative estimate of drug-likeness (QED) is 0.0418. The minimum atomic E-state index is -1.39. The van der Waals surface area contributed by atoms with Gasteiger partial charge in [-0.1, -0.05) is 133 Å². The van der Waals surface area contributed by atoms with Gasteiger partial charge in [0.2, 0.25) is 17.7 Å². The van der Waals surface area contributed by atoms with Gasteiger partial charge in [-0.05, 0) is 60.7 Å². The number of ether oxygens (including phenoxy) is 2. The van der Waals surface area contributed by atoms with Crippen molar-refractivity contribution in [3.8, 4) is 0 Å². The molecule has 2 atom stereocenters. The van der Waals surface area contributed by atoms with E-state index >= 15 is 4.79 Å². The van der Waals surface area contributed by atoms with E-state index in [1.54, 1.807) is 11.8 Å². The first-order valence-corrected chi connectivity index (χ1v) is 19.6. The number of hydrogen-bond donors (Lipinski definition) is 4. The van der Waals surface area contributed by atoms with Crippen LogP contribution in [-0.4, -0.2) is 73.4 Å². The second kappa shape index (κ2) is 21.4. The Morgan fingerprint density at radius 2 is 1.21 bits per heavy atom. The van der Waals surface area contributed by atoms with Crippen molar-refractivity contribution < 1.29 is 33.5 Å². The van der Waals surface area contributed by atoms with Gasteiger partial charge in [0.15, 0.2) is 12.9 Å². The molecule has 0 aliphatic rings. The summed E-state index contributed by atoms with van der Waals surface area (Å²) in [5.74, 6) is -1.79. The lowest BCUT2D eigenvalue weighted by molar-refractivity contribution is -0.180. The van der Waals surface area contributed by atoms with Crippen LogP contribution in [0, 0.1) is 0 Å². The summed E-state index contributed by atoms with van der Waals surface area (Å²) < 4.78 is 12.0. The molecule has 0 saturated carbocycles. The molecular weight excluding hydrogens is 735 g/mol. The molecule has 5 amide bonds. The Balaban J connectivity index is 1.56. The number of benzene rings is 5. The van der Waals surface area contributed by atoms with Crippen LogP contribution in [0.5, 0.6) is 0 Å². The van der Waals surface area contributed by atoms with E-state index in [4.69, 9.17) is 14.3 Å². The molecule has 304 valence electrons. The second-order valence-corrected chi connectivity index (χ2v) is 13.6. The highest BCUT2D eigenvalue weighted by molar-refractivity contribution is 5.93. The third kappa shape index (κ3) is 10.9. The van der Waals surface area contributed by atoms with E-state index < -0.39 is 60.7 Å². The average molecular weight is 788 g/mol. The number of hydrogen-bond acceptors (Lipinski definition) is 7. The zero-order chi connectivity index (χ0) is 41.3. The highest BCUT2D eigenvalue weighted by atomic mass is 16.7. The summed E-state index contributed by atoms with van der Waals surface area (Å²) in [5, 5.41) is 10.5. The van der Waals surface area contributed by atoms with Crippen LogP contribution < -0.4 is 21.4 Å². The first kappa shape index (κ1) is 43.1. The second-order valence-electron chi connectivity index (χ2n) is 13.6. The third-order valence-electron chi connectivity index (χ3n) is 9.73. The van der Waals surface area contributed by atoms with Crippen molar-refractivity contribution in [2.45, 2.75) is 64.6 Å². The van der Waals surface area contributed by atoms with Crippen LogP contribution in [0.1, 0.15) is 56.4 Å². The number of carbonyl (C=O) groups is 4. The van der Waals surface area contributed by atoms with Gasteiger partial charge in [-0.15, -0.1) is 0 Å². The Morgan fingerprint density at radius 1 is 0.672 bits per heavy atom. The van der Waals surface area contributed by atoms with Gasteiger partial charge in [-0.2, -0.15) is 0 Å². The number of nitrogens with zero attached hydrogens (tertiary/aromatic N) is 1. The van der Waals surface area contributed by atoms with E-state index in [1.165, 1.54) is 0 Å². The SMILES string of the molecule is CCNC(=O)NOCC(=O)N[C@@H](CC(=O)NC(c1ccccc1)(c1ccccc1)c1ccccc1)C(=O)N(Cc1cccc2ccccc12)[C@@H](C)C(OCC)OCC. The molecule has 0 heterocycles. The first-order valence-electron chi connectivity index (χ1n) is 19.6. The minimum absolute atomic E-state index is 0.114. The van der Waals surface area contributed by atoms with Crippen molar-refractivity contribution in [1.82, 2.24) is 26.3 Å². The number of amides is 5. The van der Waals surface area contributed by atoms with Crippen molar-refractivity contribution in [2.24, 2.45) is 0 Å². The molecule has 0 radical (unpaired) electrons. The predicted molar refractivity (Wildman–Crippen MR) is 223 cm³/mol. The maximum absolute atomic E-state index is 15.2. The van der Waals surface area contributed by atoms with Gasteiger partial charge in [0, 0.05) is 26.3 Å². The normalized spacial score (nSPS) is 12.4. The Kier molecular flexibility index (Phi) is 15.9. The highest BCUT2D eigenvalue weighted by Crippen LogP contribution is 2.37. The van der Waals surface area contributed by atoms with E-state index in [2.05, 4.69) is 21.4 Å². The summed E-state index contributed by atoms with van der Waals surface area (Å²) in [6.07, 6.45) is -1.26. The fraction of sp³-hybridized carbons (Fsp3) is 0.304. The van der Waals surface area contributed by atoms with Gasteiger partial charge in [0.25, 0.3) is 0 Å². The average Bonchev–Trinajstić information content (AvgIpc) is 3.25. The van der Waals surface area contributed by atoms with Crippen molar-refractivity contribution in [1.29, 1.82) is 0 Å². The molecule has 0 aliphatic carbocycles. The van der Waals surface area contributed by atoms with Crippen molar-refractivity contribution in [3.05, 3.63) is 156 Å². The van der Waals surface area contributed by atoms with E-state index in [0.717, 1.165) is 33.0 Å².